The molecule has 29 heavy (non-hydrogen) atoms. The second-order valence-electron chi connectivity index (χ2n) is 7.17. The van der Waals surface area contributed by atoms with Crippen LogP contribution < -0.4 is 0 Å². The highest BCUT2D eigenvalue weighted by atomic mass is 35.5. The molecule has 0 N–H and O–H groups in total. The Morgan fingerprint density at radius 3 is 2.45 bits per heavy atom. The number of benzene rings is 2. The van der Waals surface area contributed by atoms with Crippen molar-refractivity contribution in [2.24, 2.45) is 0 Å². The quantitative estimate of drug-likeness (QED) is 0.542. The Morgan fingerprint density at radius 1 is 1.10 bits per heavy atom. The smallest absolute Gasteiger partial charge is 0.328 e. The van der Waals surface area contributed by atoms with Crippen molar-refractivity contribution in [2.45, 2.75) is 51.1 Å². The predicted octanol–water partition coefficient (Wildman–Crippen LogP) is 5.78. The van der Waals surface area contributed by atoms with Gasteiger partial charge in [0.15, 0.2) is 0 Å². The standard InChI is InChI=1S/C23H25Cl2NO3/c1-3-20(23(28)29-4-2)26-21(27)13-12-19(16-6-5-7-18(25)14-16)22(26)15-8-10-17(24)11-9-15/h5-11,14,19-20,22H,3-4,12-13H2,1-2H3/t19-,20+,22?/m1/s1. The van der Waals surface area contributed by atoms with Crippen molar-refractivity contribution in [2.75, 3.05) is 6.61 Å². The summed E-state index contributed by atoms with van der Waals surface area (Å²) in [7, 11) is 0. The van der Waals surface area contributed by atoms with E-state index in [1.807, 2.05) is 55.5 Å². The number of carbonyl (C=O) groups excluding carboxylic acids is 2. The van der Waals surface area contributed by atoms with Crippen LogP contribution in [0.5, 0.6) is 0 Å². The summed E-state index contributed by atoms with van der Waals surface area (Å²) >= 11 is 12.4. The van der Waals surface area contributed by atoms with Crippen LogP contribution in [0.2, 0.25) is 10.0 Å². The molecule has 1 fully saturated rings. The van der Waals surface area contributed by atoms with E-state index in [2.05, 4.69) is 0 Å². The Kier molecular flexibility index (Phi) is 7.20. The van der Waals surface area contributed by atoms with E-state index in [4.69, 9.17) is 27.9 Å². The summed E-state index contributed by atoms with van der Waals surface area (Å²) in [4.78, 5) is 27.5. The van der Waals surface area contributed by atoms with Crippen molar-refractivity contribution in [1.29, 1.82) is 0 Å². The minimum absolute atomic E-state index is 0.0102. The number of piperidine rings is 1. The molecule has 0 bridgehead atoms. The Hall–Kier alpha value is -2.04. The number of amides is 1. The first kappa shape index (κ1) is 21.7. The lowest BCUT2D eigenvalue weighted by atomic mass is 9.79. The topological polar surface area (TPSA) is 46.6 Å². The maximum absolute atomic E-state index is 13.1. The molecule has 6 heteroatoms. The SMILES string of the molecule is CCOC(=O)[C@H](CC)N1C(=O)CC[C@H](c2cccc(Cl)c2)C1c1ccc(Cl)cc1. The molecule has 1 unspecified atom stereocenters. The van der Waals surface area contributed by atoms with E-state index in [-0.39, 0.29) is 30.4 Å². The average molecular weight is 434 g/mol. The minimum Gasteiger partial charge on any atom is -0.464 e. The number of esters is 1. The molecule has 2 aromatic carbocycles. The van der Waals surface area contributed by atoms with Gasteiger partial charge in [-0.15, -0.1) is 0 Å². The monoisotopic (exact) mass is 433 g/mol. The van der Waals surface area contributed by atoms with Gasteiger partial charge >= 0.3 is 5.97 Å². The third kappa shape index (κ3) is 4.76. The molecule has 154 valence electrons. The number of nitrogens with zero attached hydrogens (tertiary/aromatic N) is 1. The summed E-state index contributed by atoms with van der Waals surface area (Å²) in [6.45, 7) is 3.95. The van der Waals surface area contributed by atoms with E-state index >= 15 is 0 Å². The van der Waals surface area contributed by atoms with Crippen LogP contribution in [0.25, 0.3) is 0 Å². The van der Waals surface area contributed by atoms with Crippen molar-refractivity contribution < 1.29 is 14.3 Å². The largest absolute Gasteiger partial charge is 0.464 e. The summed E-state index contributed by atoms with van der Waals surface area (Å²) in [5.74, 6) is -0.395. The summed E-state index contributed by atoms with van der Waals surface area (Å²) in [6.07, 6.45) is 1.54. The second kappa shape index (κ2) is 9.64. The first-order valence-electron chi connectivity index (χ1n) is 9.95. The Balaban J connectivity index is 2.10. The first-order valence-corrected chi connectivity index (χ1v) is 10.7. The van der Waals surface area contributed by atoms with Gasteiger partial charge in [0.2, 0.25) is 5.91 Å². The molecule has 0 aromatic heterocycles. The molecule has 0 aliphatic carbocycles. The zero-order chi connectivity index (χ0) is 21.0. The van der Waals surface area contributed by atoms with Gasteiger partial charge in [-0.2, -0.15) is 0 Å². The predicted molar refractivity (Wildman–Crippen MR) is 115 cm³/mol. The van der Waals surface area contributed by atoms with Crippen LogP contribution in [-0.4, -0.2) is 29.4 Å². The second-order valence-corrected chi connectivity index (χ2v) is 8.05. The highest BCUT2D eigenvalue weighted by Gasteiger charge is 2.43. The molecular formula is C23H25Cl2NO3. The third-order valence-electron chi connectivity index (χ3n) is 5.41. The summed E-state index contributed by atoms with van der Waals surface area (Å²) in [5, 5.41) is 1.28. The molecule has 0 spiro atoms. The lowest BCUT2D eigenvalue weighted by Gasteiger charge is -2.44. The fourth-order valence-corrected chi connectivity index (χ4v) is 4.46. The average Bonchev–Trinajstić information content (AvgIpc) is 2.70. The molecule has 1 aliphatic heterocycles. The van der Waals surface area contributed by atoms with Crippen LogP contribution in [0.4, 0.5) is 0 Å². The van der Waals surface area contributed by atoms with Crippen molar-refractivity contribution >= 4 is 35.1 Å². The molecule has 0 radical (unpaired) electrons. The lowest BCUT2D eigenvalue weighted by Crippen LogP contribution is -2.51. The zero-order valence-corrected chi connectivity index (χ0v) is 18.1. The van der Waals surface area contributed by atoms with Gasteiger partial charge in [0.25, 0.3) is 0 Å². The van der Waals surface area contributed by atoms with Gasteiger partial charge in [-0.25, -0.2) is 4.79 Å². The molecular weight excluding hydrogens is 409 g/mol. The van der Waals surface area contributed by atoms with Gasteiger partial charge < -0.3 is 9.64 Å². The van der Waals surface area contributed by atoms with Gasteiger partial charge in [0.05, 0.1) is 12.6 Å². The van der Waals surface area contributed by atoms with Crippen molar-refractivity contribution in [3.05, 3.63) is 69.7 Å². The Bertz CT molecular complexity index is 869. The van der Waals surface area contributed by atoms with E-state index in [0.29, 0.717) is 29.3 Å². The molecule has 1 heterocycles. The number of carbonyl (C=O) groups is 2. The minimum atomic E-state index is -0.634. The fraction of sp³-hybridized carbons (Fsp3) is 0.391. The van der Waals surface area contributed by atoms with E-state index in [9.17, 15) is 9.59 Å². The molecule has 0 saturated carbocycles. The zero-order valence-electron chi connectivity index (χ0n) is 16.6. The number of ether oxygens (including phenoxy) is 1. The molecule has 3 rings (SSSR count). The van der Waals surface area contributed by atoms with Crippen molar-refractivity contribution in [3.63, 3.8) is 0 Å². The van der Waals surface area contributed by atoms with Crippen molar-refractivity contribution in [3.8, 4) is 0 Å². The third-order valence-corrected chi connectivity index (χ3v) is 5.89. The van der Waals surface area contributed by atoms with Crippen LogP contribution in [0.3, 0.4) is 0 Å². The molecule has 1 aliphatic rings. The fourth-order valence-electron chi connectivity index (χ4n) is 4.14. The van der Waals surface area contributed by atoms with E-state index in [0.717, 1.165) is 11.1 Å². The number of hydrogen-bond donors (Lipinski definition) is 0. The molecule has 3 atom stereocenters. The molecule has 1 amide bonds. The van der Waals surface area contributed by atoms with Crippen LogP contribution in [-0.2, 0) is 14.3 Å². The van der Waals surface area contributed by atoms with Crippen LogP contribution >= 0.6 is 23.2 Å². The van der Waals surface area contributed by atoms with Crippen LogP contribution in [0.1, 0.15) is 56.2 Å². The Labute approximate surface area is 181 Å². The van der Waals surface area contributed by atoms with Gasteiger partial charge in [-0.3, -0.25) is 4.79 Å². The summed E-state index contributed by atoms with van der Waals surface area (Å²) in [6, 6.07) is 14.3. The number of halogens is 2. The van der Waals surface area contributed by atoms with E-state index in [1.165, 1.54) is 0 Å². The molecule has 2 aromatic rings. The van der Waals surface area contributed by atoms with Crippen LogP contribution in [0, 0.1) is 0 Å². The molecule has 4 nitrogen and oxygen atoms in total. The number of hydrogen-bond acceptors (Lipinski definition) is 3. The maximum atomic E-state index is 13.1. The normalized spacial score (nSPS) is 20.4. The van der Waals surface area contributed by atoms with Crippen LogP contribution in [0.15, 0.2) is 48.5 Å². The first-order chi connectivity index (χ1) is 14.0. The summed E-state index contributed by atoms with van der Waals surface area (Å²) in [5.41, 5.74) is 1.99. The number of likely N-dealkylation sites (tertiary alicyclic amines) is 1. The highest BCUT2D eigenvalue weighted by molar-refractivity contribution is 6.30. The van der Waals surface area contributed by atoms with Gasteiger partial charge in [0.1, 0.15) is 6.04 Å². The molecule has 1 saturated heterocycles. The summed E-state index contributed by atoms with van der Waals surface area (Å²) < 4.78 is 5.28. The maximum Gasteiger partial charge on any atom is 0.328 e. The number of rotatable bonds is 6. The van der Waals surface area contributed by atoms with E-state index in [1.54, 1.807) is 11.8 Å². The van der Waals surface area contributed by atoms with Gasteiger partial charge in [-0.05, 0) is 55.2 Å². The lowest BCUT2D eigenvalue weighted by molar-refractivity contribution is -0.159. The Morgan fingerprint density at radius 2 is 1.83 bits per heavy atom. The van der Waals surface area contributed by atoms with E-state index < -0.39 is 6.04 Å². The van der Waals surface area contributed by atoms with Gasteiger partial charge in [0, 0.05) is 22.4 Å². The highest BCUT2D eigenvalue weighted by Crippen LogP contribution is 2.45. The van der Waals surface area contributed by atoms with Crippen molar-refractivity contribution in [1.82, 2.24) is 4.90 Å². The van der Waals surface area contributed by atoms with Gasteiger partial charge in [-0.1, -0.05) is 54.4 Å².